The number of amides is 1. The Balaban J connectivity index is 2.23. The van der Waals surface area contributed by atoms with E-state index in [1.165, 1.54) is 6.07 Å². The fourth-order valence-electron chi connectivity index (χ4n) is 4.02. The Labute approximate surface area is 184 Å². The third-order valence-electron chi connectivity index (χ3n) is 5.70. The summed E-state index contributed by atoms with van der Waals surface area (Å²) in [5, 5.41) is 2.83. The molecular weight excluding hydrogens is 419 g/mol. The van der Waals surface area contributed by atoms with Crippen molar-refractivity contribution in [1.29, 1.82) is 0 Å². The van der Waals surface area contributed by atoms with E-state index in [-0.39, 0.29) is 17.5 Å². The number of alkyl halides is 3. The molecular formula is C24H26F3N3O2. The number of anilines is 1. The Morgan fingerprint density at radius 2 is 1.56 bits per heavy atom. The molecule has 0 aliphatic rings. The lowest BCUT2D eigenvalue weighted by molar-refractivity contribution is -0.142. The quantitative estimate of drug-likeness (QED) is 0.573. The molecule has 0 saturated heterocycles. The topological polar surface area (TPSA) is 64.0 Å². The highest BCUT2D eigenvalue weighted by Crippen LogP contribution is 2.30. The number of carbonyl (C=O) groups excluding carboxylic acids is 1. The van der Waals surface area contributed by atoms with Gasteiger partial charge in [-0.05, 0) is 75.4 Å². The second kappa shape index (κ2) is 8.41. The van der Waals surface area contributed by atoms with Gasteiger partial charge in [0.25, 0.3) is 5.56 Å². The van der Waals surface area contributed by atoms with Crippen LogP contribution in [-0.4, -0.2) is 15.5 Å². The average Bonchev–Trinajstić information content (AvgIpc) is 2.67. The SMILES string of the molecule is CC[C@@H](C(=O)Nc1c(C)cc(C)cc1C)n1c(=O)c(C(F)(F)F)nc2cc(C)c(C)cc21. The number of rotatable bonds is 4. The van der Waals surface area contributed by atoms with Crippen molar-refractivity contribution in [3.8, 4) is 0 Å². The summed E-state index contributed by atoms with van der Waals surface area (Å²) in [5.74, 6) is -0.552. The lowest BCUT2D eigenvalue weighted by atomic mass is 10.0. The van der Waals surface area contributed by atoms with E-state index in [1.807, 2.05) is 32.9 Å². The smallest absolute Gasteiger partial charge is 0.324 e. The van der Waals surface area contributed by atoms with E-state index in [4.69, 9.17) is 0 Å². The van der Waals surface area contributed by atoms with Crippen molar-refractivity contribution in [3.63, 3.8) is 0 Å². The number of nitrogens with one attached hydrogen (secondary N) is 1. The Morgan fingerprint density at radius 1 is 1.00 bits per heavy atom. The van der Waals surface area contributed by atoms with E-state index in [0.29, 0.717) is 5.69 Å². The summed E-state index contributed by atoms with van der Waals surface area (Å²) in [6.07, 6.45) is -4.82. The molecule has 1 atom stereocenters. The summed E-state index contributed by atoms with van der Waals surface area (Å²) >= 11 is 0. The predicted molar refractivity (Wildman–Crippen MR) is 119 cm³/mol. The van der Waals surface area contributed by atoms with Gasteiger partial charge in [-0.3, -0.25) is 14.2 Å². The molecule has 1 N–H and O–H groups in total. The van der Waals surface area contributed by atoms with E-state index in [0.717, 1.165) is 32.4 Å². The summed E-state index contributed by atoms with van der Waals surface area (Å²) in [4.78, 5) is 29.8. The van der Waals surface area contributed by atoms with Crippen LogP contribution in [0, 0.1) is 34.6 Å². The van der Waals surface area contributed by atoms with Crippen molar-refractivity contribution in [3.05, 3.63) is 68.1 Å². The van der Waals surface area contributed by atoms with Gasteiger partial charge in [-0.1, -0.05) is 24.6 Å². The molecule has 0 fully saturated rings. The molecule has 0 aliphatic heterocycles. The molecule has 32 heavy (non-hydrogen) atoms. The number of carbonyl (C=O) groups is 1. The third kappa shape index (κ3) is 4.26. The highest BCUT2D eigenvalue weighted by molar-refractivity contribution is 5.96. The van der Waals surface area contributed by atoms with Gasteiger partial charge in [0.05, 0.1) is 11.0 Å². The average molecular weight is 445 g/mol. The lowest BCUT2D eigenvalue weighted by Crippen LogP contribution is -2.37. The highest BCUT2D eigenvalue weighted by Gasteiger charge is 2.39. The van der Waals surface area contributed by atoms with Gasteiger partial charge in [0.2, 0.25) is 11.6 Å². The Bertz CT molecular complexity index is 1250. The van der Waals surface area contributed by atoms with Crippen LogP contribution in [-0.2, 0) is 11.0 Å². The fraction of sp³-hybridized carbons (Fsp3) is 0.375. The maximum Gasteiger partial charge on any atom is 0.438 e. The van der Waals surface area contributed by atoms with Crippen molar-refractivity contribution >= 4 is 22.6 Å². The Morgan fingerprint density at radius 3 is 2.09 bits per heavy atom. The second-order valence-corrected chi connectivity index (χ2v) is 8.25. The summed E-state index contributed by atoms with van der Waals surface area (Å²) in [5.41, 5.74) is 2.18. The van der Waals surface area contributed by atoms with Crippen LogP contribution in [0.15, 0.2) is 29.1 Å². The first-order valence-electron chi connectivity index (χ1n) is 10.3. The molecule has 2 aromatic carbocycles. The van der Waals surface area contributed by atoms with Crippen LogP contribution >= 0.6 is 0 Å². The lowest BCUT2D eigenvalue weighted by Gasteiger charge is -2.23. The maximum absolute atomic E-state index is 13.6. The van der Waals surface area contributed by atoms with E-state index in [2.05, 4.69) is 10.3 Å². The first-order chi connectivity index (χ1) is 14.8. The number of fused-ring (bicyclic) bond motifs is 1. The van der Waals surface area contributed by atoms with Crippen molar-refractivity contribution in [2.75, 3.05) is 5.32 Å². The number of benzene rings is 2. The molecule has 0 saturated carbocycles. The van der Waals surface area contributed by atoms with Crippen LogP contribution in [0.2, 0.25) is 0 Å². The molecule has 0 aliphatic carbocycles. The van der Waals surface area contributed by atoms with Crippen LogP contribution in [0.4, 0.5) is 18.9 Å². The van der Waals surface area contributed by atoms with E-state index < -0.39 is 29.4 Å². The molecule has 0 spiro atoms. The maximum atomic E-state index is 13.6. The first kappa shape index (κ1) is 23.5. The minimum atomic E-state index is -4.94. The van der Waals surface area contributed by atoms with Crippen molar-refractivity contribution in [1.82, 2.24) is 9.55 Å². The highest BCUT2D eigenvalue weighted by atomic mass is 19.4. The second-order valence-electron chi connectivity index (χ2n) is 8.25. The molecule has 170 valence electrons. The van der Waals surface area contributed by atoms with Crippen molar-refractivity contribution in [2.45, 2.75) is 60.2 Å². The number of aromatic nitrogens is 2. The Kier molecular flexibility index (Phi) is 6.18. The normalized spacial score (nSPS) is 12.8. The predicted octanol–water partition coefficient (Wildman–Crippen LogP) is 5.55. The van der Waals surface area contributed by atoms with Crippen LogP contribution in [0.5, 0.6) is 0 Å². The largest absolute Gasteiger partial charge is 0.438 e. The zero-order valence-corrected chi connectivity index (χ0v) is 18.9. The zero-order valence-electron chi connectivity index (χ0n) is 18.9. The summed E-state index contributed by atoms with van der Waals surface area (Å²) in [6, 6.07) is 5.79. The monoisotopic (exact) mass is 445 g/mol. The molecule has 0 radical (unpaired) electrons. The molecule has 0 bridgehead atoms. The summed E-state index contributed by atoms with van der Waals surface area (Å²) in [6.45, 7) is 10.8. The summed E-state index contributed by atoms with van der Waals surface area (Å²) in [7, 11) is 0. The van der Waals surface area contributed by atoms with Crippen molar-refractivity contribution in [2.24, 2.45) is 0 Å². The van der Waals surface area contributed by atoms with Crippen LogP contribution < -0.4 is 10.9 Å². The Hall–Kier alpha value is -3.16. The van der Waals surface area contributed by atoms with Gasteiger partial charge in [0.15, 0.2) is 0 Å². The first-order valence-corrected chi connectivity index (χ1v) is 10.3. The van der Waals surface area contributed by atoms with Gasteiger partial charge in [0.1, 0.15) is 6.04 Å². The third-order valence-corrected chi connectivity index (χ3v) is 5.70. The molecule has 3 aromatic rings. The van der Waals surface area contributed by atoms with Gasteiger partial charge in [-0.15, -0.1) is 0 Å². The summed E-state index contributed by atoms with van der Waals surface area (Å²) < 4.78 is 41.8. The van der Waals surface area contributed by atoms with Gasteiger partial charge in [-0.25, -0.2) is 4.98 Å². The van der Waals surface area contributed by atoms with Crippen LogP contribution in [0.25, 0.3) is 11.0 Å². The molecule has 1 amide bonds. The molecule has 3 rings (SSSR count). The van der Waals surface area contributed by atoms with Crippen molar-refractivity contribution < 1.29 is 18.0 Å². The minimum absolute atomic E-state index is 0.0222. The number of nitrogens with zero attached hydrogens (tertiary/aromatic N) is 2. The molecule has 0 unspecified atom stereocenters. The number of aryl methyl sites for hydroxylation is 5. The van der Waals surface area contributed by atoms with Crippen LogP contribution in [0.1, 0.15) is 52.9 Å². The number of halogens is 3. The van der Waals surface area contributed by atoms with Gasteiger partial charge < -0.3 is 5.32 Å². The van der Waals surface area contributed by atoms with Crippen LogP contribution in [0.3, 0.4) is 0 Å². The van der Waals surface area contributed by atoms with Gasteiger partial charge in [-0.2, -0.15) is 13.2 Å². The van der Waals surface area contributed by atoms with Gasteiger partial charge in [0, 0.05) is 5.69 Å². The number of hydrogen-bond acceptors (Lipinski definition) is 3. The van der Waals surface area contributed by atoms with E-state index >= 15 is 0 Å². The molecule has 5 nitrogen and oxygen atoms in total. The molecule has 8 heteroatoms. The van der Waals surface area contributed by atoms with E-state index in [9.17, 15) is 22.8 Å². The minimum Gasteiger partial charge on any atom is -0.324 e. The standard InChI is InChI=1S/C24H26F3N3O2/c1-7-18(22(31)29-20-15(5)8-12(2)9-16(20)6)30-19-11-14(4)13(3)10-17(19)28-21(23(30)32)24(25,26)27/h8-11,18H,7H2,1-6H3,(H,29,31)/t18-/m0/s1. The zero-order chi connectivity index (χ0) is 24.0. The molecule has 1 aromatic heterocycles. The van der Waals surface area contributed by atoms with Gasteiger partial charge >= 0.3 is 6.18 Å². The number of hydrogen-bond donors (Lipinski definition) is 1. The fourth-order valence-corrected chi connectivity index (χ4v) is 4.02. The molecule has 1 heterocycles. The van der Waals surface area contributed by atoms with E-state index in [1.54, 1.807) is 26.8 Å².